The van der Waals surface area contributed by atoms with Crippen LogP contribution in [0.1, 0.15) is 37.7 Å². The molecule has 3 rings (SSSR count). The van der Waals surface area contributed by atoms with Crippen LogP contribution in [0, 0.1) is 5.82 Å². The van der Waals surface area contributed by atoms with Crippen LogP contribution in [0.25, 0.3) is 0 Å². The molecule has 1 aromatic carbocycles. The van der Waals surface area contributed by atoms with Gasteiger partial charge in [-0.3, -0.25) is 0 Å². The van der Waals surface area contributed by atoms with Crippen molar-refractivity contribution in [3.63, 3.8) is 0 Å². The van der Waals surface area contributed by atoms with E-state index in [0.29, 0.717) is 0 Å². The van der Waals surface area contributed by atoms with E-state index in [9.17, 15) is 4.39 Å². The van der Waals surface area contributed by atoms with Gasteiger partial charge in [0.2, 0.25) is 0 Å². The summed E-state index contributed by atoms with van der Waals surface area (Å²) in [6.07, 6.45) is 6.98. The van der Waals surface area contributed by atoms with Crippen LogP contribution in [0.15, 0.2) is 24.3 Å². The first-order chi connectivity index (χ1) is 9.81. The lowest BCUT2D eigenvalue weighted by Gasteiger charge is -2.36. The molecule has 20 heavy (non-hydrogen) atoms. The van der Waals surface area contributed by atoms with E-state index in [-0.39, 0.29) is 5.82 Å². The van der Waals surface area contributed by atoms with E-state index >= 15 is 0 Å². The molecular weight excluding hydrogens is 251 g/mol. The Morgan fingerprint density at radius 2 is 1.75 bits per heavy atom. The summed E-state index contributed by atoms with van der Waals surface area (Å²) in [5.41, 5.74) is 1.14. The lowest BCUT2D eigenvalue weighted by Crippen LogP contribution is -3.20. The highest BCUT2D eigenvalue weighted by molar-refractivity contribution is 5.14. The maximum atomic E-state index is 13.2. The van der Waals surface area contributed by atoms with Gasteiger partial charge < -0.3 is 9.80 Å². The number of likely N-dealkylation sites (tertiary alicyclic amines) is 2. The van der Waals surface area contributed by atoms with Gasteiger partial charge in [0.05, 0.1) is 32.2 Å². The van der Waals surface area contributed by atoms with Crippen LogP contribution in [0.2, 0.25) is 0 Å². The van der Waals surface area contributed by atoms with Crippen LogP contribution in [0.5, 0.6) is 0 Å². The van der Waals surface area contributed by atoms with E-state index in [1.807, 2.05) is 11.0 Å². The normalized spacial score (nSPS) is 28.4. The molecule has 0 radical (unpaired) electrons. The smallest absolute Gasteiger partial charge is 0.123 e. The van der Waals surface area contributed by atoms with Crippen LogP contribution in [0.3, 0.4) is 0 Å². The van der Waals surface area contributed by atoms with E-state index in [4.69, 9.17) is 0 Å². The fourth-order valence-electron chi connectivity index (χ4n) is 3.96. The highest BCUT2D eigenvalue weighted by Crippen LogP contribution is 2.04. The number of rotatable bonds is 3. The van der Waals surface area contributed by atoms with Gasteiger partial charge in [-0.25, -0.2) is 4.39 Å². The molecular formula is C17H27FN2+2. The molecule has 1 aromatic rings. The maximum Gasteiger partial charge on any atom is 0.123 e. The monoisotopic (exact) mass is 278 g/mol. The van der Waals surface area contributed by atoms with Crippen molar-refractivity contribution in [3.05, 3.63) is 35.6 Å². The summed E-state index contributed by atoms with van der Waals surface area (Å²) in [4.78, 5) is 3.49. The molecule has 0 atom stereocenters. The molecule has 0 aromatic heterocycles. The Morgan fingerprint density at radius 1 is 1.00 bits per heavy atom. The van der Waals surface area contributed by atoms with Crippen molar-refractivity contribution in [1.82, 2.24) is 0 Å². The van der Waals surface area contributed by atoms with Crippen molar-refractivity contribution in [1.29, 1.82) is 0 Å². The molecule has 3 heteroatoms. The number of hydrogen-bond acceptors (Lipinski definition) is 0. The molecule has 0 unspecified atom stereocenters. The third-order valence-electron chi connectivity index (χ3n) is 5.11. The Bertz CT molecular complexity index is 421. The molecule has 0 aliphatic carbocycles. The largest absolute Gasteiger partial charge is 0.332 e. The molecule has 0 spiro atoms. The molecule has 2 aliphatic heterocycles. The zero-order valence-corrected chi connectivity index (χ0v) is 12.3. The third-order valence-corrected chi connectivity index (χ3v) is 5.11. The Labute approximate surface area is 121 Å². The van der Waals surface area contributed by atoms with Crippen molar-refractivity contribution in [2.75, 3.05) is 26.2 Å². The Hall–Kier alpha value is -0.930. The number of piperidine rings is 2. The highest BCUT2D eigenvalue weighted by atomic mass is 19.1. The first kappa shape index (κ1) is 14.0. The molecule has 0 saturated carbocycles. The number of hydrogen-bond donors (Lipinski definition) is 2. The van der Waals surface area contributed by atoms with Crippen molar-refractivity contribution >= 4 is 0 Å². The summed E-state index contributed by atoms with van der Waals surface area (Å²) in [5, 5.41) is 0. The molecule has 0 bridgehead atoms. The Balaban J connectivity index is 1.48. The molecule has 0 amide bonds. The van der Waals surface area contributed by atoms with E-state index in [0.717, 1.165) is 18.2 Å². The quantitative estimate of drug-likeness (QED) is 0.794. The molecule has 2 N–H and O–H groups in total. The zero-order chi connectivity index (χ0) is 13.8. The fraction of sp³-hybridized carbons (Fsp3) is 0.647. The van der Waals surface area contributed by atoms with Gasteiger partial charge in [0.15, 0.2) is 0 Å². The summed E-state index contributed by atoms with van der Waals surface area (Å²) >= 11 is 0. The van der Waals surface area contributed by atoms with E-state index in [1.54, 1.807) is 11.0 Å². The molecule has 2 fully saturated rings. The number of nitrogens with one attached hydrogen (secondary N) is 2. The van der Waals surface area contributed by atoms with Crippen molar-refractivity contribution in [2.45, 2.75) is 44.7 Å². The lowest BCUT2D eigenvalue weighted by molar-refractivity contribution is -0.965. The van der Waals surface area contributed by atoms with Gasteiger partial charge in [0.25, 0.3) is 0 Å². The first-order valence-corrected chi connectivity index (χ1v) is 8.24. The maximum absolute atomic E-state index is 13.2. The standard InChI is InChI=1S/C17H25FN2/c18-16-6-4-5-15(13-16)14-19-11-7-17(8-12-19)20-9-2-1-3-10-20/h4-6,13,17H,1-3,7-12,14H2/p+2. The van der Waals surface area contributed by atoms with E-state index in [2.05, 4.69) is 6.07 Å². The average Bonchev–Trinajstić information content (AvgIpc) is 2.49. The SMILES string of the molecule is Fc1cccc(C[NH+]2CCC([NH+]3CCCCC3)CC2)c1. The summed E-state index contributed by atoms with van der Waals surface area (Å²) in [7, 11) is 0. The van der Waals surface area contributed by atoms with Crippen LogP contribution in [0.4, 0.5) is 4.39 Å². The zero-order valence-electron chi connectivity index (χ0n) is 12.3. The highest BCUT2D eigenvalue weighted by Gasteiger charge is 2.30. The van der Waals surface area contributed by atoms with Gasteiger partial charge in [0, 0.05) is 18.4 Å². The number of benzene rings is 1. The fourth-order valence-corrected chi connectivity index (χ4v) is 3.96. The molecule has 2 aliphatic rings. The van der Waals surface area contributed by atoms with Gasteiger partial charge in [0.1, 0.15) is 12.4 Å². The molecule has 2 saturated heterocycles. The van der Waals surface area contributed by atoms with Gasteiger partial charge in [-0.1, -0.05) is 12.1 Å². The number of halogens is 1. The second-order valence-corrected chi connectivity index (χ2v) is 6.55. The summed E-state index contributed by atoms with van der Waals surface area (Å²) in [6, 6.07) is 8.00. The van der Waals surface area contributed by atoms with Crippen LogP contribution in [-0.4, -0.2) is 32.2 Å². The summed E-state index contributed by atoms with van der Waals surface area (Å²) < 4.78 is 13.2. The minimum absolute atomic E-state index is 0.102. The minimum atomic E-state index is -0.102. The first-order valence-electron chi connectivity index (χ1n) is 8.24. The van der Waals surface area contributed by atoms with Gasteiger partial charge in [-0.2, -0.15) is 0 Å². The predicted octanol–water partition coefficient (Wildman–Crippen LogP) is 0.442. The van der Waals surface area contributed by atoms with Crippen LogP contribution in [-0.2, 0) is 6.54 Å². The van der Waals surface area contributed by atoms with E-state index < -0.39 is 0 Å². The van der Waals surface area contributed by atoms with E-state index in [1.165, 1.54) is 64.3 Å². The lowest BCUT2D eigenvalue weighted by atomic mass is 9.99. The van der Waals surface area contributed by atoms with Crippen LogP contribution < -0.4 is 9.80 Å². The second kappa shape index (κ2) is 6.68. The molecule has 2 heterocycles. The third kappa shape index (κ3) is 3.58. The van der Waals surface area contributed by atoms with Crippen molar-refractivity contribution in [2.24, 2.45) is 0 Å². The summed E-state index contributed by atoms with van der Waals surface area (Å²) in [6.45, 7) is 6.28. The summed E-state index contributed by atoms with van der Waals surface area (Å²) in [5.74, 6) is -0.102. The Kier molecular flexibility index (Phi) is 4.69. The average molecular weight is 278 g/mol. The second-order valence-electron chi connectivity index (χ2n) is 6.55. The Morgan fingerprint density at radius 3 is 2.45 bits per heavy atom. The van der Waals surface area contributed by atoms with Crippen molar-refractivity contribution in [3.8, 4) is 0 Å². The van der Waals surface area contributed by atoms with Gasteiger partial charge in [-0.15, -0.1) is 0 Å². The van der Waals surface area contributed by atoms with Gasteiger partial charge >= 0.3 is 0 Å². The van der Waals surface area contributed by atoms with Gasteiger partial charge in [-0.05, 0) is 31.4 Å². The number of quaternary nitrogens is 2. The predicted molar refractivity (Wildman–Crippen MR) is 78.4 cm³/mol. The van der Waals surface area contributed by atoms with Crippen molar-refractivity contribution < 1.29 is 14.2 Å². The minimum Gasteiger partial charge on any atom is -0.332 e. The molecule has 110 valence electrons. The van der Waals surface area contributed by atoms with Crippen LogP contribution >= 0.6 is 0 Å². The topological polar surface area (TPSA) is 8.88 Å². The molecule has 2 nitrogen and oxygen atoms in total.